The molecule has 186 valence electrons. The maximum absolute atomic E-state index is 12.3. The van der Waals surface area contributed by atoms with E-state index in [0.717, 1.165) is 30.6 Å². The zero-order valence-electron chi connectivity index (χ0n) is 19.7. The first-order valence-corrected chi connectivity index (χ1v) is 17.1. The number of ketones is 1. The lowest BCUT2D eigenvalue weighted by Crippen LogP contribution is -2.16. The van der Waals surface area contributed by atoms with Crippen LogP contribution in [0.2, 0.25) is 0 Å². The molecule has 7 heteroatoms. The highest BCUT2D eigenvalue weighted by atomic mass is 35.8. The summed E-state index contributed by atoms with van der Waals surface area (Å²) < 4.78 is 11.0. The van der Waals surface area contributed by atoms with Crippen LogP contribution in [0.1, 0.15) is 80.1 Å². The molecule has 0 fully saturated rings. The van der Waals surface area contributed by atoms with E-state index in [1.807, 2.05) is 60.7 Å². The van der Waals surface area contributed by atoms with Crippen molar-refractivity contribution in [3.63, 3.8) is 0 Å². The number of hydrogen-bond acceptors (Lipinski definition) is 3. The molecule has 3 nitrogen and oxygen atoms in total. The Bertz CT molecular complexity index is 836. The second-order valence-corrected chi connectivity index (χ2v) is 16.0. The lowest BCUT2D eigenvalue weighted by Gasteiger charge is -2.08. The smallest absolute Gasteiger partial charge is 0.493 e. The van der Waals surface area contributed by atoms with Crippen molar-refractivity contribution in [3.8, 4) is 5.75 Å². The van der Waals surface area contributed by atoms with Crippen molar-refractivity contribution in [1.82, 2.24) is 0 Å². The van der Waals surface area contributed by atoms with Crippen molar-refractivity contribution < 1.29 is 14.0 Å². The number of ether oxygens (including phenoxy) is 1. The summed E-state index contributed by atoms with van der Waals surface area (Å²) in [6, 6.07) is 17.2. The zero-order chi connectivity index (χ0) is 24.5. The molecule has 0 amide bonds. The Morgan fingerprint density at radius 1 is 0.706 bits per heavy atom. The molecule has 2 rings (SSSR count). The van der Waals surface area contributed by atoms with Crippen molar-refractivity contribution in [2.24, 2.45) is 0 Å². The first-order valence-electron chi connectivity index (χ1n) is 12.1. The van der Waals surface area contributed by atoms with E-state index in [-0.39, 0.29) is 5.78 Å². The minimum absolute atomic E-state index is 0.00838. The lowest BCUT2D eigenvalue weighted by molar-refractivity contribution is 0.104. The van der Waals surface area contributed by atoms with E-state index in [0.29, 0.717) is 18.8 Å². The highest BCUT2D eigenvalue weighted by molar-refractivity contribution is 7.62. The Hall–Kier alpha value is -1.30. The average molecular weight is 542 g/mol. The molecule has 0 aliphatic rings. The SMILES string of the molecule is O=C(/C=C/c1ccccc1)c1ccc(OCCCCCCCCCCCCO[Si](Cl)(Cl)Cl)cc1. The number of carbonyl (C=O) groups excluding carboxylic acids is 1. The van der Waals surface area contributed by atoms with Crippen LogP contribution in [-0.2, 0) is 4.43 Å². The third kappa shape index (κ3) is 14.2. The molecule has 0 atom stereocenters. The number of carbonyl (C=O) groups is 1. The number of allylic oxidation sites excluding steroid dienone is 1. The summed E-state index contributed by atoms with van der Waals surface area (Å²) in [5.74, 6) is 0.802. The quantitative estimate of drug-likeness (QED) is 0.0621. The molecule has 0 saturated carbocycles. The van der Waals surface area contributed by atoms with Crippen molar-refractivity contribution in [3.05, 3.63) is 71.8 Å². The van der Waals surface area contributed by atoms with E-state index < -0.39 is 6.25 Å². The average Bonchev–Trinajstić information content (AvgIpc) is 2.83. The molecule has 0 unspecified atom stereocenters. The van der Waals surface area contributed by atoms with Gasteiger partial charge in [0.15, 0.2) is 5.78 Å². The zero-order valence-corrected chi connectivity index (χ0v) is 23.0. The molecule has 0 aliphatic heterocycles. The molecule has 0 spiro atoms. The van der Waals surface area contributed by atoms with E-state index in [1.54, 1.807) is 6.08 Å². The molecule has 0 aromatic heterocycles. The first kappa shape index (κ1) is 28.9. The van der Waals surface area contributed by atoms with Crippen LogP contribution in [0, 0.1) is 0 Å². The van der Waals surface area contributed by atoms with Gasteiger partial charge in [0, 0.05) is 12.2 Å². The maximum atomic E-state index is 12.3. The van der Waals surface area contributed by atoms with Gasteiger partial charge >= 0.3 is 6.25 Å². The predicted octanol–water partition coefficient (Wildman–Crippen LogP) is 9.03. The summed E-state index contributed by atoms with van der Waals surface area (Å²) in [6.07, 6.45) is 12.4. The molecule has 0 saturated heterocycles. The third-order valence-electron chi connectivity index (χ3n) is 5.44. The highest BCUT2D eigenvalue weighted by Crippen LogP contribution is 2.21. The normalized spacial score (nSPS) is 11.7. The lowest BCUT2D eigenvalue weighted by atomic mass is 10.1. The Morgan fingerprint density at radius 3 is 1.79 bits per heavy atom. The van der Waals surface area contributed by atoms with Gasteiger partial charge in [0.25, 0.3) is 0 Å². The molecule has 0 aliphatic carbocycles. The standard InChI is InChI=1S/C27H35Cl3O3Si/c28-34(29,30)33-23-13-8-6-4-2-1-3-5-7-12-22-32-26-19-17-25(18-20-26)27(31)21-16-24-14-10-9-11-15-24/h9-11,14-21H,1-8,12-13,22-23H2/b21-16+. The molecule has 34 heavy (non-hydrogen) atoms. The van der Waals surface area contributed by atoms with Crippen molar-refractivity contribution >= 4 is 51.3 Å². The minimum Gasteiger partial charge on any atom is -0.494 e. The second-order valence-electron chi connectivity index (χ2n) is 8.31. The van der Waals surface area contributed by atoms with Gasteiger partial charge in [-0.05, 0) is 48.7 Å². The van der Waals surface area contributed by atoms with Crippen LogP contribution in [0.25, 0.3) is 6.08 Å². The predicted molar refractivity (Wildman–Crippen MR) is 147 cm³/mol. The van der Waals surface area contributed by atoms with Crippen LogP contribution < -0.4 is 4.74 Å². The Balaban J connectivity index is 1.45. The van der Waals surface area contributed by atoms with Crippen LogP contribution in [-0.4, -0.2) is 25.2 Å². The fourth-order valence-electron chi connectivity index (χ4n) is 3.54. The fourth-order valence-corrected chi connectivity index (χ4v) is 4.61. The molecule has 0 heterocycles. The van der Waals surface area contributed by atoms with Crippen LogP contribution in [0.15, 0.2) is 60.7 Å². The Kier molecular flexibility index (Phi) is 14.6. The van der Waals surface area contributed by atoms with Gasteiger partial charge in [0.05, 0.1) is 6.61 Å². The first-order chi connectivity index (χ1) is 16.4. The van der Waals surface area contributed by atoms with Gasteiger partial charge in [-0.2, -0.15) is 0 Å². The minimum atomic E-state index is -2.90. The van der Waals surface area contributed by atoms with E-state index in [9.17, 15) is 4.79 Å². The van der Waals surface area contributed by atoms with Gasteiger partial charge in [0.1, 0.15) is 5.75 Å². The van der Waals surface area contributed by atoms with Crippen LogP contribution in [0.4, 0.5) is 0 Å². The largest absolute Gasteiger partial charge is 0.494 e. The number of unbranched alkanes of at least 4 members (excludes halogenated alkanes) is 9. The maximum Gasteiger partial charge on any atom is 0.493 e. The van der Waals surface area contributed by atoms with Gasteiger partial charge in [-0.3, -0.25) is 4.79 Å². The van der Waals surface area contributed by atoms with Gasteiger partial charge in [0.2, 0.25) is 0 Å². The summed E-state index contributed by atoms with van der Waals surface area (Å²) >= 11 is 17.0. The molecule has 2 aromatic rings. The van der Waals surface area contributed by atoms with Crippen LogP contribution >= 0.6 is 33.2 Å². The summed E-state index contributed by atoms with van der Waals surface area (Å²) in [5, 5.41) is 0. The van der Waals surface area contributed by atoms with Crippen LogP contribution in [0.3, 0.4) is 0 Å². The van der Waals surface area contributed by atoms with Crippen molar-refractivity contribution in [1.29, 1.82) is 0 Å². The van der Waals surface area contributed by atoms with Crippen molar-refractivity contribution in [2.75, 3.05) is 13.2 Å². The number of benzene rings is 2. The van der Waals surface area contributed by atoms with Crippen LogP contribution in [0.5, 0.6) is 5.75 Å². The Labute approximate surface area is 219 Å². The molecule has 0 bridgehead atoms. The Morgan fingerprint density at radius 2 is 1.24 bits per heavy atom. The summed E-state index contributed by atoms with van der Waals surface area (Å²) in [6.45, 7) is 1.26. The molecular formula is C27H35Cl3O3Si. The van der Waals surface area contributed by atoms with Crippen molar-refractivity contribution in [2.45, 2.75) is 64.2 Å². The topological polar surface area (TPSA) is 35.5 Å². The number of hydrogen-bond donors (Lipinski definition) is 0. The van der Waals surface area contributed by atoms with E-state index >= 15 is 0 Å². The van der Waals surface area contributed by atoms with Gasteiger partial charge < -0.3 is 9.16 Å². The monoisotopic (exact) mass is 540 g/mol. The van der Waals surface area contributed by atoms with Gasteiger partial charge in [-0.15, -0.1) is 0 Å². The fraction of sp³-hybridized carbons (Fsp3) is 0.444. The third-order valence-corrected chi connectivity index (χ3v) is 6.95. The van der Waals surface area contributed by atoms with Gasteiger partial charge in [-0.25, -0.2) is 0 Å². The van der Waals surface area contributed by atoms with E-state index in [2.05, 4.69) is 0 Å². The number of halogens is 3. The molecular weight excluding hydrogens is 507 g/mol. The second kappa shape index (κ2) is 17.2. The van der Waals surface area contributed by atoms with Gasteiger partial charge in [-0.1, -0.05) is 121 Å². The van der Waals surface area contributed by atoms with E-state index in [4.69, 9.17) is 42.4 Å². The summed E-state index contributed by atoms with van der Waals surface area (Å²) in [4.78, 5) is 12.3. The summed E-state index contributed by atoms with van der Waals surface area (Å²) in [7, 11) is 0. The molecule has 0 N–H and O–H groups in total. The molecule has 2 aromatic carbocycles. The molecule has 0 radical (unpaired) electrons. The highest BCUT2D eigenvalue weighted by Gasteiger charge is 2.26. The summed E-state index contributed by atoms with van der Waals surface area (Å²) in [5.41, 5.74) is 1.68. The number of rotatable bonds is 18. The van der Waals surface area contributed by atoms with E-state index in [1.165, 1.54) is 44.9 Å².